The van der Waals surface area contributed by atoms with Crippen LogP contribution in [0.1, 0.15) is 34.5 Å². The van der Waals surface area contributed by atoms with E-state index in [4.69, 9.17) is 11.6 Å². The lowest BCUT2D eigenvalue weighted by Gasteiger charge is -2.17. The van der Waals surface area contributed by atoms with Crippen LogP contribution >= 0.6 is 11.6 Å². The third-order valence-electron chi connectivity index (χ3n) is 4.69. The van der Waals surface area contributed by atoms with Crippen molar-refractivity contribution in [2.75, 3.05) is 21.6 Å². The second kappa shape index (κ2) is 9.41. The van der Waals surface area contributed by atoms with E-state index in [0.717, 1.165) is 17.5 Å². The Morgan fingerprint density at radius 3 is 2.32 bits per heavy atom. The molecule has 0 radical (unpaired) electrons. The first kappa shape index (κ1) is 22.7. The Hall–Kier alpha value is -3.03. The molecule has 162 valence electrons. The molecule has 0 heterocycles. The van der Waals surface area contributed by atoms with Gasteiger partial charge in [-0.1, -0.05) is 48.0 Å². The van der Waals surface area contributed by atoms with Gasteiger partial charge in [0.1, 0.15) is 0 Å². The van der Waals surface area contributed by atoms with Crippen LogP contribution in [0.2, 0.25) is 5.02 Å². The van der Waals surface area contributed by atoms with Crippen LogP contribution in [0.5, 0.6) is 0 Å². The van der Waals surface area contributed by atoms with Crippen molar-refractivity contribution in [1.82, 2.24) is 0 Å². The van der Waals surface area contributed by atoms with Crippen molar-refractivity contribution < 1.29 is 13.2 Å². The van der Waals surface area contributed by atoms with Crippen LogP contribution in [0.15, 0.2) is 66.7 Å². The Morgan fingerprint density at radius 2 is 1.68 bits per heavy atom. The molecule has 0 fully saturated rings. The van der Waals surface area contributed by atoms with Crippen LogP contribution in [0.25, 0.3) is 0 Å². The molecule has 0 aliphatic carbocycles. The largest absolute Gasteiger partial charge is 0.377 e. The summed E-state index contributed by atoms with van der Waals surface area (Å²) in [6, 6.07) is 20.1. The van der Waals surface area contributed by atoms with Crippen molar-refractivity contribution in [3.63, 3.8) is 0 Å². The first-order valence-corrected chi connectivity index (χ1v) is 11.9. The lowest BCUT2D eigenvalue weighted by atomic mass is 10.1. The van der Waals surface area contributed by atoms with Crippen molar-refractivity contribution in [2.24, 2.45) is 0 Å². The van der Waals surface area contributed by atoms with E-state index < -0.39 is 10.0 Å². The lowest BCUT2D eigenvalue weighted by molar-refractivity contribution is 0.102. The molecule has 0 bridgehead atoms. The first-order valence-electron chi connectivity index (χ1n) is 9.63. The number of rotatable bonds is 7. The van der Waals surface area contributed by atoms with Crippen molar-refractivity contribution >= 4 is 44.6 Å². The fourth-order valence-corrected chi connectivity index (χ4v) is 3.90. The van der Waals surface area contributed by atoms with Gasteiger partial charge in [0.05, 0.1) is 22.7 Å². The fraction of sp³-hybridized carbons (Fsp3) is 0.174. The van der Waals surface area contributed by atoms with Crippen molar-refractivity contribution in [1.29, 1.82) is 0 Å². The van der Waals surface area contributed by atoms with Crippen LogP contribution in [-0.4, -0.2) is 20.6 Å². The smallest absolute Gasteiger partial charge is 0.255 e. The first-order chi connectivity index (χ1) is 14.6. The van der Waals surface area contributed by atoms with Gasteiger partial charge in [0.2, 0.25) is 10.0 Å². The van der Waals surface area contributed by atoms with Gasteiger partial charge in [0, 0.05) is 17.3 Å². The number of halogens is 1. The summed E-state index contributed by atoms with van der Waals surface area (Å²) in [6.07, 6.45) is 1.06. The molecule has 1 amide bonds. The minimum Gasteiger partial charge on any atom is -0.377 e. The summed E-state index contributed by atoms with van der Waals surface area (Å²) in [5, 5.41) is 6.63. The highest BCUT2D eigenvalue weighted by atomic mass is 35.5. The number of carbonyl (C=O) groups is 1. The maximum atomic E-state index is 12.7. The topological polar surface area (TPSA) is 87.3 Å². The monoisotopic (exact) mass is 457 g/mol. The predicted octanol–water partition coefficient (Wildman–Crippen LogP) is 5.45. The van der Waals surface area contributed by atoms with E-state index in [0.29, 0.717) is 27.5 Å². The fourth-order valence-electron chi connectivity index (χ4n) is 3.04. The summed E-state index contributed by atoms with van der Waals surface area (Å²) in [5.41, 5.74) is 3.83. The predicted molar refractivity (Wildman–Crippen MR) is 128 cm³/mol. The maximum absolute atomic E-state index is 12.7. The van der Waals surface area contributed by atoms with Gasteiger partial charge in [-0.25, -0.2) is 8.42 Å². The van der Waals surface area contributed by atoms with E-state index in [9.17, 15) is 13.2 Å². The molecule has 8 heteroatoms. The Bertz CT molecular complexity index is 1200. The number of benzene rings is 3. The number of anilines is 3. The van der Waals surface area contributed by atoms with E-state index in [-0.39, 0.29) is 11.9 Å². The molecular formula is C23H24ClN3O3S. The Labute approximate surface area is 187 Å². The number of aryl methyl sites for hydroxylation is 1. The second-order valence-corrected chi connectivity index (χ2v) is 9.49. The summed E-state index contributed by atoms with van der Waals surface area (Å²) in [6.45, 7) is 3.80. The van der Waals surface area contributed by atoms with Gasteiger partial charge in [-0.15, -0.1) is 0 Å². The van der Waals surface area contributed by atoms with E-state index in [1.807, 2.05) is 43.3 Å². The van der Waals surface area contributed by atoms with Gasteiger partial charge < -0.3 is 10.6 Å². The van der Waals surface area contributed by atoms with E-state index in [1.165, 1.54) is 6.07 Å². The third-order valence-corrected chi connectivity index (χ3v) is 5.60. The zero-order valence-electron chi connectivity index (χ0n) is 17.4. The van der Waals surface area contributed by atoms with Gasteiger partial charge in [-0.3, -0.25) is 9.52 Å². The number of hydrogen-bond acceptors (Lipinski definition) is 4. The summed E-state index contributed by atoms with van der Waals surface area (Å²) >= 11 is 6.42. The maximum Gasteiger partial charge on any atom is 0.255 e. The average molecular weight is 458 g/mol. The number of sulfonamides is 1. The van der Waals surface area contributed by atoms with E-state index in [1.54, 1.807) is 31.2 Å². The van der Waals surface area contributed by atoms with Gasteiger partial charge >= 0.3 is 0 Å². The highest BCUT2D eigenvalue weighted by Gasteiger charge is 2.13. The molecule has 0 aliphatic rings. The molecule has 0 spiro atoms. The van der Waals surface area contributed by atoms with Gasteiger partial charge in [0.25, 0.3) is 5.91 Å². The zero-order valence-corrected chi connectivity index (χ0v) is 19.0. The molecule has 0 saturated heterocycles. The highest BCUT2D eigenvalue weighted by molar-refractivity contribution is 7.92. The van der Waals surface area contributed by atoms with Crippen LogP contribution in [0, 0.1) is 6.92 Å². The van der Waals surface area contributed by atoms with Crippen molar-refractivity contribution in [3.05, 3.63) is 88.4 Å². The van der Waals surface area contributed by atoms with E-state index in [2.05, 4.69) is 15.4 Å². The van der Waals surface area contributed by atoms with Crippen LogP contribution < -0.4 is 15.4 Å². The minimum atomic E-state index is -3.45. The Kier molecular flexibility index (Phi) is 6.87. The molecule has 31 heavy (non-hydrogen) atoms. The SMILES string of the molecule is Cc1ccc(C(=O)Nc2ccc(N[C@H](C)c3ccccc3)c(Cl)c2)cc1NS(C)(=O)=O. The highest BCUT2D eigenvalue weighted by Crippen LogP contribution is 2.29. The third kappa shape index (κ3) is 6.23. The molecule has 0 aromatic heterocycles. The summed E-state index contributed by atoms with van der Waals surface area (Å²) < 4.78 is 25.5. The normalized spacial score (nSPS) is 12.1. The zero-order chi connectivity index (χ0) is 22.6. The second-order valence-electron chi connectivity index (χ2n) is 7.33. The molecule has 0 saturated carbocycles. The number of hydrogen-bond donors (Lipinski definition) is 3. The van der Waals surface area contributed by atoms with Crippen LogP contribution in [-0.2, 0) is 10.0 Å². The van der Waals surface area contributed by atoms with Crippen molar-refractivity contribution in [2.45, 2.75) is 19.9 Å². The molecule has 3 rings (SSSR count). The summed E-state index contributed by atoms with van der Waals surface area (Å²) in [5.74, 6) is -0.369. The molecular weight excluding hydrogens is 434 g/mol. The molecule has 6 nitrogen and oxygen atoms in total. The average Bonchev–Trinajstić information content (AvgIpc) is 2.71. The molecule has 0 aliphatic heterocycles. The van der Waals surface area contributed by atoms with Gasteiger partial charge in [-0.05, 0) is 55.3 Å². The molecule has 3 aromatic rings. The lowest BCUT2D eigenvalue weighted by Crippen LogP contribution is -2.15. The number of nitrogens with one attached hydrogen (secondary N) is 3. The molecule has 1 atom stereocenters. The minimum absolute atomic E-state index is 0.0625. The summed E-state index contributed by atoms with van der Waals surface area (Å²) in [7, 11) is -3.45. The quantitative estimate of drug-likeness (QED) is 0.440. The van der Waals surface area contributed by atoms with Gasteiger partial charge in [-0.2, -0.15) is 0 Å². The van der Waals surface area contributed by atoms with Crippen molar-refractivity contribution in [3.8, 4) is 0 Å². The number of carbonyl (C=O) groups excluding carboxylic acids is 1. The summed E-state index contributed by atoms with van der Waals surface area (Å²) in [4.78, 5) is 12.7. The van der Waals surface area contributed by atoms with E-state index >= 15 is 0 Å². The molecule has 3 aromatic carbocycles. The number of amides is 1. The standard InChI is InChI=1S/C23H24ClN3O3S/c1-15-9-10-18(13-22(15)27-31(3,29)30)23(28)26-19-11-12-21(20(24)14-19)25-16(2)17-7-5-4-6-8-17/h4-14,16,25,27H,1-3H3,(H,26,28)/t16-/m1/s1. The van der Waals surface area contributed by atoms with Crippen LogP contribution in [0.3, 0.4) is 0 Å². The molecule has 0 unspecified atom stereocenters. The Morgan fingerprint density at radius 1 is 0.968 bits per heavy atom. The van der Waals surface area contributed by atoms with Gasteiger partial charge in [0.15, 0.2) is 0 Å². The Balaban J connectivity index is 1.72. The van der Waals surface area contributed by atoms with Crippen LogP contribution in [0.4, 0.5) is 17.1 Å². The molecule has 3 N–H and O–H groups in total.